The van der Waals surface area contributed by atoms with Gasteiger partial charge < -0.3 is 10.1 Å². The van der Waals surface area contributed by atoms with Crippen LogP contribution in [0, 0.1) is 13.8 Å². The molecular formula is C19H23NO2. The number of amides is 1. The van der Waals surface area contributed by atoms with E-state index in [0.29, 0.717) is 26.0 Å². The first-order valence-corrected chi connectivity index (χ1v) is 7.66. The third-order valence-electron chi connectivity index (χ3n) is 3.69. The van der Waals surface area contributed by atoms with Crippen molar-refractivity contribution in [1.82, 2.24) is 5.32 Å². The zero-order valence-corrected chi connectivity index (χ0v) is 13.3. The lowest BCUT2D eigenvalue weighted by Crippen LogP contribution is -2.22. The molecule has 0 spiro atoms. The monoisotopic (exact) mass is 297 g/mol. The first-order chi connectivity index (χ1) is 10.7. The Hall–Kier alpha value is -2.29. The normalized spacial score (nSPS) is 10.3. The fourth-order valence-corrected chi connectivity index (χ4v) is 2.18. The van der Waals surface area contributed by atoms with Gasteiger partial charge in [0.15, 0.2) is 0 Å². The SMILES string of the molecule is Cc1cccc(OCCCC(=O)NCc2ccccc2)c1C. The number of ether oxygens (including phenoxy) is 1. The van der Waals surface area contributed by atoms with Crippen LogP contribution in [-0.4, -0.2) is 12.5 Å². The van der Waals surface area contributed by atoms with Gasteiger partial charge in [-0.05, 0) is 43.0 Å². The van der Waals surface area contributed by atoms with Crippen molar-refractivity contribution >= 4 is 5.91 Å². The maximum atomic E-state index is 11.8. The Kier molecular flexibility index (Phi) is 6.01. The molecule has 1 amide bonds. The van der Waals surface area contributed by atoms with E-state index in [1.807, 2.05) is 42.5 Å². The molecule has 0 aromatic heterocycles. The molecule has 0 saturated carbocycles. The summed E-state index contributed by atoms with van der Waals surface area (Å²) in [6.45, 7) is 5.26. The van der Waals surface area contributed by atoms with Crippen molar-refractivity contribution in [3.05, 3.63) is 65.2 Å². The van der Waals surface area contributed by atoms with E-state index in [4.69, 9.17) is 4.74 Å². The predicted octanol–water partition coefficient (Wildman–Crippen LogP) is 3.78. The molecule has 0 radical (unpaired) electrons. The zero-order valence-electron chi connectivity index (χ0n) is 13.3. The van der Waals surface area contributed by atoms with Crippen molar-refractivity contribution < 1.29 is 9.53 Å². The summed E-state index contributed by atoms with van der Waals surface area (Å²) >= 11 is 0. The lowest BCUT2D eigenvalue weighted by Gasteiger charge is -2.10. The highest BCUT2D eigenvalue weighted by molar-refractivity contribution is 5.75. The minimum atomic E-state index is 0.0633. The molecule has 0 aliphatic rings. The summed E-state index contributed by atoms with van der Waals surface area (Å²) in [5.41, 5.74) is 3.50. The van der Waals surface area contributed by atoms with Crippen LogP contribution in [0.25, 0.3) is 0 Å². The summed E-state index contributed by atoms with van der Waals surface area (Å²) in [6.07, 6.45) is 1.20. The van der Waals surface area contributed by atoms with Gasteiger partial charge in [-0.1, -0.05) is 42.5 Å². The van der Waals surface area contributed by atoms with Crippen molar-refractivity contribution in [2.45, 2.75) is 33.2 Å². The highest BCUT2D eigenvalue weighted by atomic mass is 16.5. The molecule has 3 nitrogen and oxygen atoms in total. The number of carbonyl (C=O) groups is 1. The second kappa shape index (κ2) is 8.23. The van der Waals surface area contributed by atoms with E-state index >= 15 is 0 Å². The number of rotatable bonds is 7. The standard InChI is InChI=1S/C19H23NO2/c1-15-8-6-11-18(16(15)2)22-13-7-12-19(21)20-14-17-9-4-3-5-10-17/h3-6,8-11H,7,12-14H2,1-2H3,(H,20,21). The number of hydrogen-bond acceptors (Lipinski definition) is 2. The summed E-state index contributed by atoms with van der Waals surface area (Å²) in [7, 11) is 0. The molecule has 0 unspecified atom stereocenters. The van der Waals surface area contributed by atoms with E-state index in [2.05, 4.69) is 25.2 Å². The average molecular weight is 297 g/mol. The number of benzene rings is 2. The van der Waals surface area contributed by atoms with Gasteiger partial charge in [0.05, 0.1) is 6.61 Å². The Labute approximate surface area is 132 Å². The third kappa shape index (κ3) is 4.92. The second-order valence-corrected chi connectivity index (χ2v) is 5.41. The van der Waals surface area contributed by atoms with Gasteiger partial charge >= 0.3 is 0 Å². The smallest absolute Gasteiger partial charge is 0.220 e. The van der Waals surface area contributed by atoms with Gasteiger partial charge in [0, 0.05) is 13.0 Å². The summed E-state index contributed by atoms with van der Waals surface area (Å²) < 4.78 is 5.75. The number of carbonyl (C=O) groups excluding carboxylic acids is 1. The molecule has 2 rings (SSSR count). The zero-order chi connectivity index (χ0) is 15.8. The molecule has 2 aromatic carbocycles. The van der Waals surface area contributed by atoms with E-state index in [1.54, 1.807) is 0 Å². The second-order valence-electron chi connectivity index (χ2n) is 5.41. The van der Waals surface area contributed by atoms with E-state index in [-0.39, 0.29) is 5.91 Å². The Morgan fingerprint density at radius 3 is 2.59 bits per heavy atom. The lowest BCUT2D eigenvalue weighted by molar-refractivity contribution is -0.121. The number of nitrogens with one attached hydrogen (secondary N) is 1. The fourth-order valence-electron chi connectivity index (χ4n) is 2.18. The summed E-state index contributed by atoms with van der Waals surface area (Å²) in [4.78, 5) is 11.8. The van der Waals surface area contributed by atoms with Crippen molar-refractivity contribution in [2.75, 3.05) is 6.61 Å². The van der Waals surface area contributed by atoms with Crippen molar-refractivity contribution in [3.63, 3.8) is 0 Å². The molecule has 0 heterocycles. The predicted molar refractivity (Wildman–Crippen MR) is 88.9 cm³/mol. The molecule has 22 heavy (non-hydrogen) atoms. The molecule has 0 aliphatic heterocycles. The van der Waals surface area contributed by atoms with Gasteiger partial charge in [0.2, 0.25) is 5.91 Å². The van der Waals surface area contributed by atoms with Gasteiger partial charge in [-0.3, -0.25) is 4.79 Å². The van der Waals surface area contributed by atoms with Crippen LogP contribution in [-0.2, 0) is 11.3 Å². The first-order valence-electron chi connectivity index (χ1n) is 7.66. The van der Waals surface area contributed by atoms with Gasteiger partial charge in [-0.2, -0.15) is 0 Å². The summed E-state index contributed by atoms with van der Waals surface area (Å²) in [6, 6.07) is 15.9. The number of hydrogen-bond donors (Lipinski definition) is 1. The Morgan fingerprint density at radius 2 is 1.82 bits per heavy atom. The summed E-state index contributed by atoms with van der Waals surface area (Å²) in [5, 5.41) is 2.92. The maximum Gasteiger partial charge on any atom is 0.220 e. The first kappa shape index (κ1) is 16.1. The molecule has 0 fully saturated rings. The van der Waals surface area contributed by atoms with Gasteiger partial charge in [0.25, 0.3) is 0 Å². The molecule has 0 atom stereocenters. The van der Waals surface area contributed by atoms with E-state index in [9.17, 15) is 4.79 Å². The largest absolute Gasteiger partial charge is 0.493 e. The van der Waals surface area contributed by atoms with Gasteiger partial charge in [0.1, 0.15) is 5.75 Å². The minimum absolute atomic E-state index is 0.0633. The van der Waals surface area contributed by atoms with Crippen LogP contribution in [0.15, 0.2) is 48.5 Å². The molecule has 0 aliphatic carbocycles. The Bertz CT molecular complexity index is 608. The van der Waals surface area contributed by atoms with Crippen LogP contribution < -0.4 is 10.1 Å². The lowest BCUT2D eigenvalue weighted by atomic mass is 10.1. The van der Waals surface area contributed by atoms with Crippen LogP contribution in [0.1, 0.15) is 29.5 Å². The maximum absolute atomic E-state index is 11.8. The van der Waals surface area contributed by atoms with Gasteiger partial charge in [-0.15, -0.1) is 0 Å². The Balaban J connectivity index is 1.66. The van der Waals surface area contributed by atoms with Crippen LogP contribution in [0.2, 0.25) is 0 Å². The third-order valence-corrected chi connectivity index (χ3v) is 3.69. The molecule has 2 aromatic rings. The minimum Gasteiger partial charge on any atom is -0.493 e. The topological polar surface area (TPSA) is 38.3 Å². The van der Waals surface area contributed by atoms with Crippen molar-refractivity contribution in [3.8, 4) is 5.75 Å². The van der Waals surface area contributed by atoms with Crippen LogP contribution >= 0.6 is 0 Å². The van der Waals surface area contributed by atoms with Crippen molar-refractivity contribution in [2.24, 2.45) is 0 Å². The average Bonchev–Trinajstić information content (AvgIpc) is 2.54. The molecule has 1 N–H and O–H groups in total. The van der Waals surface area contributed by atoms with E-state index < -0.39 is 0 Å². The highest BCUT2D eigenvalue weighted by Gasteiger charge is 2.04. The van der Waals surface area contributed by atoms with E-state index in [1.165, 1.54) is 5.56 Å². The fraction of sp³-hybridized carbons (Fsp3) is 0.316. The quantitative estimate of drug-likeness (QED) is 0.790. The van der Waals surface area contributed by atoms with E-state index in [0.717, 1.165) is 16.9 Å². The number of aryl methyl sites for hydroxylation is 1. The van der Waals surface area contributed by atoms with Crippen LogP contribution in [0.5, 0.6) is 5.75 Å². The molecule has 3 heteroatoms. The Morgan fingerprint density at radius 1 is 1.05 bits per heavy atom. The molecule has 116 valence electrons. The molecular weight excluding hydrogens is 274 g/mol. The molecule has 0 saturated heterocycles. The van der Waals surface area contributed by atoms with Crippen molar-refractivity contribution in [1.29, 1.82) is 0 Å². The summed E-state index contributed by atoms with van der Waals surface area (Å²) in [5.74, 6) is 0.970. The highest BCUT2D eigenvalue weighted by Crippen LogP contribution is 2.20. The van der Waals surface area contributed by atoms with Crippen LogP contribution in [0.3, 0.4) is 0 Å². The van der Waals surface area contributed by atoms with Crippen LogP contribution in [0.4, 0.5) is 0 Å². The molecule has 0 bridgehead atoms. The van der Waals surface area contributed by atoms with Gasteiger partial charge in [-0.25, -0.2) is 0 Å².